The Morgan fingerprint density at radius 3 is 2.76 bits per heavy atom. The average molecular weight is 435 g/mol. The predicted octanol–water partition coefficient (Wildman–Crippen LogP) is 5.90. The van der Waals surface area contributed by atoms with Crippen molar-refractivity contribution in [3.05, 3.63) is 93.9 Å². The van der Waals surface area contributed by atoms with Gasteiger partial charge in [-0.1, -0.05) is 37.3 Å². The van der Waals surface area contributed by atoms with Crippen LogP contribution in [0.4, 0.5) is 0 Å². The van der Waals surface area contributed by atoms with Crippen LogP contribution in [0.15, 0.2) is 54.6 Å². The second-order valence-corrected chi connectivity index (χ2v) is 8.58. The van der Waals surface area contributed by atoms with Crippen molar-refractivity contribution in [1.82, 2.24) is 14.5 Å². The third kappa shape index (κ3) is 3.78. The van der Waals surface area contributed by atoms with E-state index in [-0.39, 0.29) is 0 Å². The molecule has 0 radical (unpaired) electrons. The highest BCUT2D eigenvalue weighted by Gasteiger charge is 2.20. The van der Waals surface area contributed by atoms with Crippen LogP contribution in [0.3, 0.4) is 0 Å². The third-order valence-corrected chi connectivity index (χ3v) is 6.14. The summed E-state index contributed by atoms with van der Waals surface area (Å²) in [6.45, 7) is 7.47. The summed E-state index contributed by atoms with van der Waals surface area (Å²) in [6.07, 6.45) is 3.55. The maximum atomic E-state index is 9.43. The topological polar surface area (TPSA) is 63.7 Å². The van der Waals surface area contributed by atoms with Gasteiger partial charge >= 0.3 is 0 Å². The number of fused-ring (bicyclic) bond motifs is 3. The van der Waals surface area contributed by atoms with Crippen LogP contribution < -0.4 is 4.74 Å². The summed E-state index contributed by atoms with van der Waals surface area (Å²) in [6, 6.07) is 18.6. The van der Waals surface area contributed by atoms with E-state index in [0.717, 1.165) is 74.7 Å². The molecule has 33 heavy (non-hydrogen) atoms. The molecular weight excluding hydrogens is 408 g/mol. The predicted molar refractivity (Wildman–Crippen MR) is 130 cm³/mol. The number of hydrogen-bond acceptors (Lipinski definition) is 4. The molecule has 2 aromatic carbocycles. The molecule has 0 amide bonds. The Bertz CT molecular complexity index is 1440. The summed E-state index contributed by atoms with van der Waals surface area (Å²) in [4.78, 5) is 9.77. The van der Waals surface area contributed by atoms with Crippen LogP contribution in [0.5, 0.6) is 5.75 Å². The van der Waals surface area contributed by atoms with Gasteiger partial charge in [-0.15, -0.1) is 0 Å². The van der Waals surface area contributed by atoms with E-state index in [4.69, 9.17) is 14.7 Å². The molecule has 0 saturated heterocycles. The van der Waals surface area contributed by atoms with Gasteiger partial charge in [0.15, 0.2) is 5.65 Å². The van der Waals surface area contributed by atoms with Crippen molar-refractivity contribution in [2.24, 2.45) is 0 Å². The van der Waals surface area contributed by atoms with Gasteiger partial charge in [0.25, 0.3) is 0 Å². The number of rotatable bonds is 4. The quantitative estimate of drug-likeness (QED) is 0.375. The first kappa shape index (κ1) is 21.0. The smallest absolute Gasteiger partial charge is 0.160 e. The zero-order chi connectivity index (χ0) is 22.9. The summed E-state index contributed by atoms with van der Waals surface area (Å²) in [5.41, 5.74) is 9.22. The number of nitriles is 1. The van der Waals surface area contributed by atoms with Gasteiger partial charge in [-0.05, 0) is 60.7 Å². The second-order valence-electron chi connectivity index (χ2n) is 8.58. The molecule has 0 unspecified atom stereocenters. The molecule has 0 N–H and O–H groups in total. The molecule has 0 fully saturated rings. The minimum absolute atomic E-state index is 0.464. The van der Waals surface area contributed by atoms with Gasteiger partial charge in [-0.25, -0.2) is 9.97 Å². The van der Waals surface area contributed by atoms with Crippen molar-refractivity contribution in [3.63, 3.8) is 0 Å². The molecular formula is C28H26N4O. The van der Waals surface area contributed by atoms with Crippen LogP contribution in [-0.4, -0.2) is 14.5 Å². The summed E-state index contributed by atoms with van der Waals surface area (Å²) < 4.78 is 8.37. The molecule has 0 bridgehead atoms. The van der Waals surface area contributed by atoms with Gasteiger partial charge in [-0.3, -0.25) is 0 Å². The van der Waals surface area contributed by atoms with Gasteiger partial charge in [0.2, 0.25) is 0 Å². The number of imidazole rings is 1. The highest BCUT2D eigenvalue weighted by molar-refractivity contribution is 5.86. The molecule has 4 aromatic rings. The molecule has 2 aromatic heterocycles. The number of nitrogens with zero attached hydrogens (tertiary/aromatic N) is 4. The van der Waals surface area contributed by atoms with Gasteiger partial charge in [0.05, 0.1) is 12.6 Å². The molecule has 1 aliphatic rings. The number of hydrogen-bond donors (Lipinski definition) is 0. The Morgan fingerprint density at radius 2 is 1.94 bits per heavy atom. The van der Waals surface area contributed by atoms with E-state index >= 15 is 0 Å². The molecule has 0 saturated carbocycles. The van der Waals surface area contributed by atoms with E-state index in [2.05, 4.69) is 48.7 Å². The third-order valence-electron chi connectivity index (χ3n) is 6.14. The van der Waals surface area contributed by atoms with Gasteiger partial charge in [-0.2, -0.15) is 5.26 Å². The van der Waals surface area contributed by atoms with Gasteiger partial charge < -0.3 is 9.30 Å². The molecule has 5 heteroatoms. The molecule has 164 valence electrons. The van der Waals surface area contributed by atoms with Crippen molar-refractivity contribution in [3.8, 4) is 11.8 Å². The zero-order valence-electron chi connectivity index (χ0n) is 19.2. The van der Waals surface area contributed by atoms with Crippen LogP contribution in [0.2, 0.25) is 0 Å². The Morgan fingerprint density at radius 1 is 1.09 bits per heavy atom. The van der Waals surface area contributed by atoms with Crippen molar-refractivity contribution in [2.45, 2.75) is 46.8 Å². The fourth-order valence-electron chi connectivity index (χ4n) is 4.67. The highest BCUT2D eigenvalue weighted by atomic mass is 16.5. The van der Waals surface area contributed by atoms with Gasteiger partial charge in [0, 0.05) is 29.3 Å². The largest absolute Gasteiger partial charge is 0.488 e. The number of ether oxygens (including phenoxy) is 1. The summed E-state index contributed by atoms with van der Waals surface area (Å²) in [5, 5.41) is 9.43. The van der Waals surface area contributed by atoms with E-state index in [9.17, 15) is 5.26 Å². The van der Waals surface area contributed by atoms with E-state index in [1.807, 2.05) is 31.2 Å². The van der Waals surface area contributed by atoms with Crippen molar-refractivity contribution in [2.75, 3.05) is 0 Å². The van der Waals surface area contributed by atoms with Crippen molar-refractivity contribution < 1.29 is 4.74 Å². The average Bonchev–Trinajstić information content (AvgIpc) is 3.05. The summed E-state index contributed by atoms with van der Waals surface area (Å²) in [7, 11) is 0. The van der Waals surface area contributed by atoms with Crippen LogP contribution >= 0.6 is 0 Å². The van der Waals surface area contributed by atoms with Crippen LogP contribution in [0, 0.1) is 25.2 Å². The van der Waals surface area contributed by atoms with Crippen molar-refractivity contribution >= 4 is 16.7 Å². The summed E-state index contributed by atoms with van der Waals surface area (Å²) >= 11 is 0. The standard InChI is InChI=1S/C28H26N4O/c1-4-7-26-31-27-18(2)14-19(3)30-28(27)32(26)16-20-10-11-22-21(15-20)17-33-25-9-6-5-8-24(25)23(22)12-13-29/h5-6,8-12,14-15H,4,7,16-17H2,1-3H3. The maximum absolute atomic E-state index is 9.43. The van der Waals surface area contributed by atoms with Crippen LogP contribution in [0.25, 0.3) is 16.7 Å². The van der Waals surface area contributed by atoms with E-state index in [1.54, 1.807) is 6.08 Å². The fourth-order valence-corrected chi connectivity index (χ4v) is 4.67. The van der Waals surface area contributed by atoms with Crippen LogP contribution in [0.1, 0.15) is 52.7 Å². The highest BCUT2D eigenvalue weighted by Crippen LogP contribution is 2.37. The number of pyridine rings is 1. The van der Waals surface area contributed by atoms with Crippen molar-refractivity contribution in [1.29, 1.82) is 5.26 Å². The Balaban J connectivity index is 1.59. The number of para-hydroxylation sites is 1. The van der Waals surface area contributed by atoms with E-state index < -0.39 is 0 Å². The SMILES string of the molecule is CCCc1nc2c(C)cc(C)nc2n1Cc1ccc2c(c1)COc1ccccc1C2=CC#N. The molecule has 3 heterocycles. The first-order chi connectivity index (χ1) is 16.1. The lowest BCUT2D eigenvalue weighted by Gasteiger charge is -2.13. The molecule has 5 nitrogen and oxygen atoms in total. The first-order valence-electron chi connectivity index (χ1n) is 11.4. The fraction of sp³-hybridized carbons (Fsp3) is 0.250. The monoisotopic (exact) mass is 434 g/mol. The first-order valence-corrected chi connectivity index (χ1v) is 11.4. The number of aromatic nitrogens is 3. The maximum Gasteiger partial charge on any atom is 0.160 e. The Kier molecular flexibility index (Phi) is 5.43. The van der Waals surface area contributed by atoms with Gasteiger partial charge in [0.1, 0.15) is 23.7 Å². The molecule has 0 aliphatic carbocycles. The minimum atomic E-state index is 0.464. The normalized spacial score (nSPS) is 13.8. The Labute approximate surface area is 194 Å². The second kappa shape index (κ2) is 8.55. The lowest BCUT2D eigenvalue weighted by molar-refractivity contribution is 0.307. The molecule has 0 atom stereocenters. The summed E-state index contributed by atoms with van der Waals surface area (Å²) in [5.74, 6) is 1.87. The number of aryl methyl sites for hydroxylation is 3. The minimum Gasteiger partial charge on any atom is -0.488 e. The molecule has 1 aliphatic heterocycles. The van der Waals surface area contributed by atoms with E-state index in [1.165, 1.54) is 0 Å². The van der Waals surface area contributed by atoms with E-state index in [0.29, 0.717) is 13.2 Å². The lowest BCUT2D eigenvalue weighted by Crippen LogP contribution is -2.07. The Hall–Kier alpha value is -3.91. The van der Waals surface area contributed by atoms with Crippen LogP contribution in [-0.2, 0) is 19.6 Å². The number of benzene rings is 2. The zero-order valence-corrected chi connectivity index (χ0v) is 19.2. The molecule has 5 rings (SSSR count). The number of allylic oxidation sites excluding steroid dienone is 1. The molecule has 0 spiro atoms. The lowest BCUT2D eigenvalue weighted by atomic mass is 9.93.